The lowest BCUT2D eigenvalue weighted by Crippen LogP contribution is -2.56. The third-order valence-electron chi connectivity index (χ3n) is 9.56. The van der Waals surface area contributed by atoms with Crippen molar-refractivity contribution in [2.24, 2.45) is 5.92 Å². The summed E-state index contributed by atoms with van der Waals surface area (Å²) in [6.07, 6.45) is 5.57. The number of fused-ring (bicyclic) bond motifs is 3. The Labute approximate surface area is 286 Å². The molecule has 3 heterocycles. The van der Waals surface area contributed by atoms with Gasteiger partial charge in [-0.15, -0.1) is 0 Å². The number of benzene rings is 1. The van der Waals surface area contributed by atoms with E-state index < -0.39 is 59.3 Å². The van der Waals surface area contributed by atoms with Crippen LogP contribution in [-0.4, -0.2) is 102 Å². The molecule has 0 spiro atoms. The summed E-state index contributed by atoms with van der Waals surface area (Å²) in [5, 5.41) is 15.5. The van der Waals surface area contributed by atoms with Gasteiger partial charge in [0.15, 0.2) is 11.5 Å². The Balaban J connectivity index is 1.36. The van der Waals surface area contributed by atoms with Crippen molar-refractivity contribution in [3.8, 4) is 11.5 Å². The maximum absolute atomic E-state index is 14.2. The highest BCUT2D eigenvalue weighted by Gasteiger charge is 2.61. The van der Waals surface area contributed by atoms with Crippen LogP contribution in [0, 0.1) is 5.92 Å². The highest BCUT2D eigenvalue weighted by atomic mass is 16.6. The number of rotatable bonds is 5. The monoisotopic (exact) mass is 684 g/mol. The van der Waals surface area contributed by atoms with Crippen LogP contribution in [0.15, 0.2) is 24.3 Å². The van der Waals surface area contributed by atoms with Gasteiger partial charge in [-0.2, -0.15) is 0 Å². The lowest BCUT2D eigenvalue weighted by molar-refractivity contribution is -0.145. The van der Waals surface area contributed by atoms with Crippen LogP contribution in [0.1, 0.15) is 76.8 Å². The van der Waals surface area contributed by atoms with Crippen molar-refractivity contribution >= 4 is 30.0 Å². The molecule has 0 aromatic heterocycles. The van der Waals surface area contributed by atoms with Crippen molar-refractivity contribution in [2.75, 3.05) is 27.3 Å². The fraction of sp³-hybridized carbons (Fsp3) is 0.629. The molecule has 0 bridgehead atoms. The number of hydrogen-bond donors (Lipinski definition) is 3. The summed E-state index contributed by atoms with van der Waals surface area (Å²) < 4.78 is 22.2. The number of nitrogens with one attached hydrogen (secondary N) is 2. The molecule has 3 aliphatic heterocycles. The first-order valence-corrected chi connectivity index (χ1v) is 17.0. The molecule has 1 saturated carbocycles. The molecule has 1 saturated heterocycles. The molecular weight excluding hydrogens is 636 g/mol. The minimum atomic E-state index is -1.48. The maximum Gasteiger partial charge on any atom is 0.410 e. The highest BCUT2D eigenvalue weighted by molar-refractivity contribution is 5.96. The van der Waals surface area contributed by atoms with Crippen molar-refractivity contribution < 1.29 is 48.0 Å². The Kier molecular flexibility index (Phi) is 10.6. The summed E-state index contributed by atoms with van der Waals surface area (Å²) in [6, 6.07) is 1.60. The normalized spacial score (nSPS) is 27.3. The summed E-state index contributed by atoms with van der Waals surface area (Å²) in [5.41, 5.74) is -0.360. The van der Waals surface area contributed by atoms with Crippen LogP contribution in [0.4, 0.5) is 9.59 Å². The molecule has 1 aromatic carbocycles. The zero-order valence-electron chi connectivity index (χ0n) is 28.9. The lowest BCUT2D eigenvalue weighted by atomic mass is 9.99. The molecule has 4 aliphatic rings. The van der Waals surface area contributed by atoms with E-state index in [1.807, 2.05) is 24.3 Å². The van der Waals surface area contributed by atoms with Crippen LogP contribution in [0.25, 0.3) is 0 Å². The van der Waals surface area contributed by atoms with Gasteiger partial charge in [0.1, 0.15) is 29.3 Å². The Morgan fingerprint density at radius 1 is 1.04 bits per heavy atom. The van der Waals surface area contributed by atoms with Crippen molar-refractivity contribution in [3.05, 3.63) is 35.4 Å². The molecule has 5 atom stereocenters. The molecule has 3 N–H and O–H groups in total. The van der Waals surface area contributed by atoms with E-state index in [4.69, 9.17) is 18.9 Å². The molecule has 14 heteroatoms. The van der Waals surface area contributed by atoms with Gasteiger partial charge in [-0.05, 0) is 76.1 Å². The van der Waals surface area contributed by atoms with E-state index in [1.54, 1.807) is 39.9 Å². The molecule has 2 fully saturated rings. The second kappa shape index (κ2) is 14.6. The molecule has 1 aliphatic carbocycles. The second-order valence-electron chi connectivity index (χ2n) is 14.2. The van der Waals surface area contributed by atoms with Crippen LogP contribution < -0.4 is 20.1 Å². The number of carbonyl (C=O) groups is 5. The molecule has 49 heavy (non-hydrogen) atoms. The van der Waals surface area contributed by atoms with Gasteiger partial charge in [-0.25, -0.2) is 14.4 Å². The van der Waals surface area contributed by atoms with Gasteiger partial charge in [0.25, 0.3) is 0 Å². The van der Waals surface area contributed by atoms with E-state index in [1.165, 1.54) is 4.90 Å². The molecule has 268 valence electrons. The summed E-state index contributed by atoms with van der Waals surface area (Å²) in [6.45, 7) is 5.71. The van der Waals surface area contributed by atoms with Crippen molar-refractivity contribution in [1.82, 2.24) is 20.4 Å². The van der Waals surface area contributed by atoms with E-state index in [0.29, 0.717) is 37.3 Å². The number of carbonyl (C=O) groups excluding carboxylic acids is 4. The molecule has 0 unspecified atom stereocenters. The minimum Gasteiger partial charge on any atom is -0.493 e. The zero-order chi connectivity index (χ0) is 35.5. The van der Waals surface area contributed by atoms with Crippen molar-refractivity contribution in [1.29, 1.82) is 0 Å². The number of aliphatic carboxylic acids is 1. The quantitative estimate of drug-likeness (QED) is 0.390. The SMILES string of the molecule is COc1cc2c(cc1OC)CN(C(=O)O[C@@H]1C[C@H]3C(=O)N[C@]4(C(=O)O)C[C@H]4C=CCCCCC[C@H](NC(=O)OC(C)(C)C)C(=O)N3C1)CC2. The van der Waals surface area contributed by atoms with Crippen LogP contribution in [0.3, 0.4) is 0 Å². The summed E-state index contributed by atoms with van der Waals surface area (Å²) in [7, 11) is 3.11. The predicted octanol–water partition coefficient (Wildman–Crippen LogP) is 3.54. The van der Waals surface area contributed by atoms with Gasteiger partial charge in [0, 0.05) is 25.4 Å². The number of ether oxygens (including phenoxy) is 4. The molecule has 0 radical (unpaired) electrons. The number of amides is 4. The Bertz CT molecular complexity index is 1490. The average Bonchev–Trinajstić information content (AvgIpc) is 3.58. The Morgan fingerprint density at radius 3 is 2.43 bits per heavy atom. The third-order valence-corrected chi connectivity index (χ3v) is 9.56. The summed E-state index contributed by atoms with van der Waals surface area (Å²) >= 11 is 0. The molecule has 4 amide bonds. The van der Waals surface area contributed by atoms with E-state index in [9.17, 15) is 29.1 Å². The van der Waals surface area contributed by atoms with Gasteiger partial charge in [-0.1, -0.05) is 25.0 Å². The van der Waals surface area contributed by atoms with Crippen LogP contribution in [-0.2, 0) is 36.8 Å². The average molecular weight is 685 g/mol. The lowest BCUT2D eigenvalue weighted by Gasteiger charge is -2.30. The first-order valence-electron chi connectivity index (χ1n) is 17.0. The topological polar surface area (TPSA) is 173 Å². The first kappa shape index (κ1) is 35.8. The van der Waals surface area contributed by atoms with Crippen LogP contribution >= 0.6 is 0 Å². The summed E-state index contributed by atoms with van der Waals surface area (Å²) in [5.74, 6) is -1.55. The van der Waals surface area contributed by atoms with E-state index in [-0.39, 0.29) is 31.8 Å². The molecule has 14 nitrogen and oxygen atoms in total. The Hall–Kier alpha value is -4.49. The minimum absolute atomic E-state index is 0.0336. The van der Waals surface area contributed by atoms with Gasteiger partial charge < -0.3 is 44.5 Å². The number of alkyl carbamates (subject to hydrolysis) is 1. The van der Waals surface area contributed by atoms with Gasteiger partial charge in [0.2, 0.25) is 11.8 Å². The summed E-state index contributed by atoms with van der Waals surface area (Å²) in [4.78, 5) is 69.6. The maximum atomic E-state index is 14.2. The predicted molar refractivity (Wildman–Crippen MR) is 176 cm³/mol. The smallest absolute Gasteiger partial charge is 0.410 e. The van der Waals surface area contributed by atoms with Crippen LogP contribution in [0.2, 0.25) is 0 Å². The van der Waals surface area contributed by atoms with Crippen LogP contribution in [0.5, 0.6) is 11.5 Å². The number of allylic oxidation sites excluding steroid dienone is 1. The van der Waals surface area contributed by atoms with Gasteiger partial charge in [0.05, 0.1) is 20.8 Å². The van der Waals surface area contributed by atoms with Gasteiger partial charge in [-0.3, -0.25) is 9.59 Å². The number of nitrogens with zero attached hydrogens (tertiary/aromatic N) is 2. The highest BCUT2D eigenvalue weighted by Crippen LogP contribution is 2.45. The van der Waals surface area contributed by atoms with E-state index in [0.717, 1.165) is 30.4 Å². The first-order chi connectivity index (χ1) is 23.2. The largest absolute Gasteiger partial charge is 0.493 e. The number of hydrogen-bond acceptors (Lipinski definition) is 9. The third kappa shape index (κ3) is 8.22. The Morgan fingerprint density at radius 2 is 1.76 bits per heavy atom. The molecule has 1 aromatic rings. The van der Waals surface area contributed by atoms with E-state index in [2.05, 4.69) is 10.6 Å². The standard InChI is InChI=1S/C35H48N4O10/c1-34(2,3)49-32(44)36-25-12-10-8-6-7-9-11-23-18-35(23,31(42)43)37-29(40)26-17-24(20-39(26)30(25)41)48-33(45)38-14-13-21-15-27(46-4)28(47-5)16-22(21)19-38/h9,11,15-16,23-26H,6-8,10,12-14,17-20H2,1-5H3,(H,36,44)(H,37,40)(H,42,43)/t23-,24-,25+,26+,35-/m1/s1. The van der Waals surface area contributed by atoms with Gasteiger partial charge >= 0.3 is 18.2 Å². The van der Waals surface area contributed by atoms with Crippen molar-refractivity contribution in [2.45, 2.75) is 108 Å². The number of carboxylic acids is 1. The van der Waals surface area contributed by atoms with Crippen molar-refractivity contribution in [3.63, 3.8) is 0 Å². The molecular formula is C35H48N4O10. The number of carboxylic acid groups (broad SMARTS) is 1. The second-order valence-corrected chi connectivity index (χ2v) is 14.2. The fourth-order valence-corrected chi connectivity index (χ4v) is 6.85. The van der Waals surface area contributed by atoms with E-state index >= 15 is 0 Å². The number of methoxy groups -OCH3 is 2. The molecule has 5 rings (SSSR count). The zero-order valence-corrected chi connectivity index (χ0v) is 28.9. The fourth-order valence-electron chi connectivity index (χ4n) is 6.85.